The van der Waals surface area contributed by atoms with Gasteiger partial charge in [0.15, 0.2) is 0 Å². The Morgan fingerprint density at radius 2 is 1.58 bits per heavy atom. The molecule has 1 saturated heterocycles. The number of halogens is 2. The van der Waals surface area contributed by atoms with Crippen LogP contribution < -0.4 is 0 Å². The Morgan fingerprint density at radius 3 is 2.11 bits per heavy atom. The molecular weight excluding hydrogens is 250 g/mol. The van der Waals surface area contributed by atoms with Gasteiger partial charge in [-0.3, -0.25) is 4.79 Å². The van der Waals surface area contributed by atoms with Crippen LogP contribution in [0.3, 0.4) is 0 Å². The molecule has 4 heteroatoms. The lowest BCUT2D eigenvalue weighted by Gasteiger charge is -2.37. The van der Waals surface area contributed by atoms with Crippen LogP contribution in [0, 0.1) is 17.6 Å². The van der Waals surface area contributed by atoms with Gasteiger partial charge in [0.05, 0.1) is 6.42 Å². The summed E-state index contributed by atoms with van der Waals surface area (Å²) in [5.41, 5.74) is 0.751. The molecule has 0 bridgehead atoms. The molecule has 3 rings (SSSR count). The largest absolute Gasteiger partial charge is 0.461 e. The maximum absolute atomic E-state index is 13.2. The SMILES string of the molecule is O=C1CC(C2CCC(c3cc(F)cc(F)c3)CC2)O1. The van der Waals surface area contributed by atoms with Gasteiger partial charge in [0.25, 0.3) is 0 Å². The summed E-state index contributed by atoms with van der Waals surface area (Å²) in [4.78, 5) is 10.8. The van der Waals surface area contributed by atoms with Crippen LogP contribution >= 0.6 is 0 Å². The smallest absolute Gasteiger partial charge is 0.309 e. The molecule has 1 saturated carbocycles. The van der Waals surface area contributed by atoms with Gasteiger partial charge in [-0.1, -0.05) is 0 Å². The zero-order valence-corrected chi connectivity index (χ0v) is 10.6. The van der Waals surface area contributed by atoms with Gasteiger partial charge in [-0.25, -0.2) is 8.78 Å². The van der Waals surface area contributed by atoms with Gasteiger partial charge in [-0.15, -0.1) is 0 Å². The van der Waals surface area contributed by atoms with Crippen LogP contribution in [0.1, 0.15) is 43.6 Å². The van der Waals surface area contributed by atoms with Gasteiger partial charge in [0.2, 0.25) is 0 Å². The first kappa shape index (κ1) is 12.6. The number of carbonyl (C=O) groups excluding carboxylic acids is 1. The second kappa shape index (κ2) is 4.91. The van der Waals surface area contributed by atoms with E-state index in [9.17, 15) is 13.6 Å². The van der Waals surface area contributed by atoms with Crippen molar-refractivity contribution < 1.29 is 18.3 Å². The van der Waals surface area contributed by atoms with E-state index in [2.05, 4.69) is 0 Å². The van der Waals surface area contributed by atoms with E-state index in [0.717, 1.165) is 37.3 Å². The topological polar surface area (TPSA) is 26.3 Å². The summed E-state index contributed by atoms with van der Waals surface area (Å²) in [6, 6.07) is 3.76. The lowest BCUT2D eigenvalue weighted by Crippen LogP contribution is -2.40. The molecule has 0 spiro atoms. The number of hydrogen-bond donors (Lipinski definition) is 0. The van der Waals surface area contributed by atoms with Crippen molar-refractivity contribution >= 4 is 5.97 Å². The normalized spacial score (nSPS) is 30.6. The Balaban J connectivity index is 1.61. The van der Waals surface area contributed by atoms with Crippen LogP contribution in [0.2, 0.25) is 0 Å². The summed E-state index contributed by atoms with van der Waals surface area (Å²) in [6.45, 7) is 0. The monoisotopic (exact) mass is 266 g/mol. The maximum atomic E-state index is 13.2. The summed E-state index contributed by atoms with van der Waals surface area (Å²) in [7, 11) is 0. The Morgan fingerprint density at radius 1 is 1.00 bits per heavy atom. The maximum Gasteiger partial charge on any atom is 0.309 e. The van der Waals surface area contributed by atoms with E-state index in [1.165, 1.54) is 12.1 Å². The fourth-order valence-electron chi connectivity index (χ4n) is 3.22. The molecule has 1 aromatic carbocycles. The van der Waals surface area contributed by atoms with E-state index in [1.54, 1.807) is 0 Å². The molecule has 0 amide bonds. The van der Waals surface area contributed by atoms with Crippen molar-refractivity contribution in [3.63, 3.8) is 0 Å². The zero-order chi connectivity index (χ0) is 13.4. The minimum Gasteiger partial charge on any atom is -0.461 e. The number of esters is 1. The third kappa shape index (κ3) is 2.62. The van der Waals surface area contributed by atoms with Crippen LogP contribution in [0.5, 0.6) is 0 Å². The average Bonchev–Trinajstić information content (AvgIpc) is 2.34. The average molecular weight is 266 g/mol. The first-order valence-corrected chi connectivity index (χ1v) is 6.77. The van der Waals surface area contributed by atoms with E-state index in [1.807, 2.05) is 0 Å². The Hall–Kier alpha value is -1.45. The zero-order valence-electron chi connectivity index (χ0n) is 10.6. The van der Waals surface area contributed by atoms with Gasteiger partial charge in [-0.05, 0) is 55.2 Å². The van der Waals surface area contributed by atoms with E-state index in [0.29, 0.717) is 12.3 Å². The molecule has 1 aliphatic heterocycles. The molecule has 2 aliphatic rings. The third-order valence-corrected chi connectivity index (χ3v) is 4.30. The molecule has 0 N–H and O–H groups in total. The number of cyclic esters (lactones) is 1. The molecule has 1 atom stereocenters. The summed E-state index contributed by atoms with van der Waals surface area (Å²) < 4.78 is 31.5. The molecule has 1 heterocycles. The molecule has 1 aliphatic carbocycles. The standard InChI is InChI=1S/C15H16F2O2/c16-12-5-11(6-13(17)7-12)9-1-3-10(4-2-9)14-8-15(18)19-14/h5-7,9-10,14H,1-4,8H2. The van der Waals surface area contributed by atoms with E-state index >= 15 is 0 Å². The van der Waals surface area contributed by atoms with Crippen LogP contribution in [-0.4, -0.2) is 12.1 Å². The molecule has 19 heavy (non-hydrogen) atoms. The lowest BCUT2D eigenvalue weighted by atomic mass is 9.75. The highest BCUT2D eigenvalue weighted by Gasteiger charge is 2.37. The lowest BCUT2D eigenvalue weighted by molar-refractivity contribution is -0.176. The first-order chi connectivity index (χ1) is 9.11. The second-order valence-corrected chi connectivity index (χ2v) is 5.55. The van der Waals surface area contributed by atoms with Gasteiger partial charge in [0.1, 0.15) is 17.7 Å². The number of ether oxygens (including phenoxy) is 1. The summed E-state index contributed by atoms with van der Waals surface area (Å²) in [6.07, 6.45) is 4.34. The number of hydrogen-bond acceptors (Lipinski definition) is 2. The summed E-state index contributed by atoms with van der Waals surface area (Å²) in [5, 5.41) is 0. The highest BCUT2D eigenvalue weighted by atomic mass is 19.1. The molecule has 102 valence electrons. The number of carbonyl (C=O) groups is 1. The van der Waals surface area contributed by atoms with E-state index < -0.39 is 11.6 Å². The second-order valence-electron chi connectivity index (χ2n) is 5.55. The third-order valence-electron chi connectivity index (χ3n) is 4.30. The predicted octanol–water partition coefficient (Wildman–Crippen LogP) is 3.55. The quantitative estimate of drug-likeness (QED) is 0.765. The Kier molecular flexibility index (Phi) is 3.25. The van der Waals surface area contributed by atoms with Crippen molar-refractivity contribution in [3.8, 4) is 0 Å². The molecule has 0 aromatic heterocycles. The van der Waals surface area contributed by atoms with Crippen LogP contribution in [0.25, 0.3) is 0 Å². The number of rotatable bonds is 2. The van der Waals surface area contributed by atoms with Gasteiger partial charge < -0.3 is 4.74 Å². The minimum atomic E-state index is -0.509. The molecule has 0 radical (unpaired) electrons. The van der Waals surface area contributed by atoms with Crippen LogP contribution in [0.4, 0.5) is 8.78 Å². The fraction of sp³-hybridized carbons (Fsp3) is 0.533. The molecular formula is C15H16F2O2. The van der Waals surface area contributed by atoms with Gasteiger partial charge in [-0.2, -0.15) is 0 Å². The number of benzene rings is 1. The Bertz CT molecular complexity index is 465. The van der Waals surface area contributed by atoms with Crippen molar-refractivity contribution in [2.24, 2.45) is 5.92 Å². The molecule has 1 unspecified atom stereocenters. The molecule has 1 aromatic rings. The highest BCUT2D eigenvalue weighted by Crippen LogP contribution is 2.40. The van der Waals surface area contributed by atoms with Crippen LogP contribution in [0.15, 0.2) is 18.2 Å². The molecule has 2 fully saturated rings. The summed E-state index contributed by atoms with van der Waals surface area (Å²) >= 11 is 0. The highest BCUT2D eigenvalue weighted by molar-refractivity contribution is 5.75. The fourth-order valence-corrected chi connectivity index (χ4v) is 3.22. The summed E-state index contributed by atoms with van der Waals surface area (Å²) in [5.74, 6) is -0.487. The van der Waals surface area contributed by atoms with Crippen molar-refractivity contribution in [2.75, 3.05) is 0 Å². The minimum absolute atomic E-state index is 0.0812. The van der Waals surface area contributed by atoms with E-state index in [4.69, 9.17) is 4.74 Å². The predicted molar refractivity (Wildman–Crippen MR) is 65.6 cm³/mol. The van der Waals surface area contributed by atoms with Crippen molar-refractivity contribution in [3.05, 3.63) is 35.4 Å². The Labute approximate surface area is 110 Å². The van der Waals surface area contributed by atoms with Crippen molar-refractivity contribution in [1.82, 2.24) is 0 Å². The van der Waals surface area contributed by atoms with Gasteiger partial charge in [0, 0.05) is 6.07 Å². The van der Waals surface area contributed by atoms with Crippen LogP contribution in [-0.2, 0) is 9.53 Å². The van der Waals surface area contributed by atoms with Crippen molar-refractivity contribution in [1.29, 1.82) is 0 Å². The van der Waals surface area contributed by atoms with Gasteiger partial charge >= 0.3 is 5.97 Å². The van der Waals surface area contributed by atoms with E-state index in [-0.39, 0.29) is 18.0 Å². The molecule has 2 nitrogen and oxygen atoms in total. The first-order valence-electron chi connectivity index (χ1n) is 6.77. The van der Waals surface area contributed by atoms with Crippen molar-refractivity contribution in [2.45, 2.75) is 44.1 Å².